The number of halogens is 4. The van der Waals surface area contributed by atoms with E-state index in [2.05, 4.69) is 21.5 Å². The predicted molar refractivity (Wildman–Crippen MR) is 103 cm³/mol. The molecule has 0 aliphatic carbocycles. The van der Waals surface area contributed by atoms with Crippen molar-refractivity contribution in [1.29, 1.82) is 5.26 Å². The molecule has 2 heterocycles. The van der Waals surface area contributed by atoms with Gasteiger partial charge in [-0.2, -0.15) is 23.5 Å². The molecule has 10 heteroatoms. The molecule has 3 rings (SSSR count). The van der Waals surface area contributed by atoms with Gasteiger partial charge in [0.25, 0.3) is 0 Å². The number of nitriles is 1. The number of hydrogen-bond acceptors (Lipinski definition) is 4. The van der Waals surface area contributed by atoms with E-state index in [1.54, 1.807) is 23.9 Å². The Balaban J connectivity index is 1.77. The van der Waals surface area contributed by atoms with Gasteiger partial charge in [-0.05, 0) is 25.1 Å². The molecule has 0 saturated heterocycles. The third-order valence-electron chi connectivity index (χ3n) is 3.96. The summed E-state index contributed by atoms with van der Waals surface area (Å²) < 4.78 is 39.6. The molecule has 5 nitrogen and oxygen atoms in total. The lowest BCUT2D eigenvalue weighted by Gasteiger charge is -2.25. The number of benzene rings is 1. The van der Waals surface area contributed by atoms with E-state index >= 15 is 0 Å². The number of rotatable bonds is 4. The van der Waals surface area contributed by atoms with Crippen molar-refractivity contribution in [3.05, 3.63) is 58.9 Å². The summed E-state index contributed by atoms with van der Waals surface area (Å²) in [4.78, 5) is 4.32. The lowest BCUT2D eigenvalue weighted by atomic mass is 10.0. The largest absolute Gasteiger partial charge is 0.416 e. The van der Waals surface area contributed by atoms with Crippen molar-refractivity contribution >= 4 is 39.8 Å². The van der Waals surface area contributed by atoms with Crippen molar-refractivity contribution in [1.82, 2.24) is 20.1 Å². The van der Waals surface area contributed by atoms with Crippen molar-refractivity contribution in [3.8, 4) is 6.07 Å². The van der Waals surface area contributed by atoms with E-state index in [1.807, 2.05) is 0 Å². The molecule has 1 aromatic carbocycles. The van der Waals surface area contributed by atoms with Crippen LogP contribution in [0.4, 0.5) is 13.2 Å². The van der Waals surface area contributed by atoms with Crippen LogP contribution in [0.1, 0.15) is 18.1 Å². The van der Waals surface area contributed by atoms with Crippen LogP contribution in [0, 0.1) is 11.3 Å². The Kier molecular flexibility index (Phi) is 5.28. The van der Waals surface area contributed by atoms with E-state index in [1.165, 1.54) is 18.3 Å². The number of fused-ring (bicyclic) bond motifs is 1. The van der Waals surface area contributed by atoms with E-state index in [0.717, 1.165) is 12.1 Å². The van der Waals surface area contributed by atoms with Gasteiger partial charge >= 0.3 is 6.18 Å². The number of nitrogens with zero attached hydrogens (tertiary/aromatic N) is 4. The van der Waals surface area contributed by atoms with Gasteiger partial charge in [-0.1, -0.05) is 36.0 Å². The van der Waals surface area contributed by atoms with Gasteiger partial charge < -0.3 is 5.32 Å². The molecule has 0 radical (unpaired) electrons. The first-order valence-electron chi connectivity index (χ1n) is 7.99. The number of pyridine rings is 1. The fourth-order valence-corrected chi connectivity index (χ4v) is 3.08. The lowest BCUT2D eigenvalue weighted by Crippen LogP contribution is -2.47. The SMILES string of the molecule is CC(C#N)(Cn1cc2ncc(Cl)cc2n1)NC(=S)c1ccc(C(F)(F)F)cc1. The van der Waals surface area contributed by atoms with Crippen molar-refractivity contribution in [3.63, 3.8) is 0 Å². The Labute approximate surface area is 168 Å². The van der Waals surface area contributed by atoms with Crippen molar-refractivity contribution in [2.24, 2.45) is 0 Å². The Morgan fingerprint density at radius 2 is 1.96 bits per heavy atom. The van der Waals surface area contributed by atoms with Crippen LogP contribution in [0.5, 0.6) is 0 Å². The number of nitrogens with one attached hydrogen (secondary N) is 1. The third-order valence-corrected chi connectivity index (χ3v) is 4.50. The van der Waals surface area contributed by atoms with Gasteiger partial charge in [0.1, 0.15) is 21.6 Å². The topological polar surface area (TPSA) is 66.5 Å². The highest BCUT2D eigenvalue weighted by Crippen LogP contribution is 2.29. The third kappa shape index (κ3) is 4.40. The summed E-state index contributed by atoms with van der Waals surface area (Å²) >= 11 is 11.2. The van der Waals surface area contributed by atoms with Crippen molar-refractivity contribution in [2.45, 2.75) is 25.2 Å². The standard InChI is InChI=1S/C18H13ClF3N5S/c1-17(9-23,10-27-8-15-14(26-27)6-13(19)7-24-15)25-16(28)11-2-4-12(5-3-11)18(20,21)22/h2-8H,10H2,1H3,(H,25,28). The maximum absolute atomic E-state index is 12.7. The molecule has 0 spiro atoms. The number of hydrogen-bond donors (Lipinski definition) is 1. The van der Waals surface area contributed by atoms with Gasteiger partial charge in [-0.25, -0.2) is 0 Å². The number of thiocarbonyl (C=S) groups is 1. The monoisotopic (exact) mass is 423 g/mol. The molecule has 0 aliphatic rings. The van der Waals surface area contributed by atoms with E-state index in [0.29, 0.717) is 21.6 Å². The van der Waals surface area contributed by atoms with E-state index in [-0.39, 0.29) is 11.5 Å². The zero-order chi connectivity index (χ0) is 20.5. The van der Waals surface area contributed by atoms with Crippen LogP contribution in [-0.4, -0.2) is 25.3 Å². The Hall–Kier alpha value is -2.70. The zero-order valence-corrected chi connectivity index (χ0v) is 16.0. The summed E-state index contributed by atoms with van der Waals surface area (Å²) in [5.41, 5.74) is -0.334. The summed E-state index contributed by atoms with van der Waals surface area (Å²) in [5, 5.41) is 17.3. The fourth-order valence-electron chi connectivity index (χ4n) is 2.57. The molecule has 0 saturated carbocycles. The molecular weight excluding hydrogens is 411 g/mol. The molecule has 0 bridgehead atoms. The fraction of sp³-hybridized carbons (Fsp3) is 0.222. The predicted octanol–water partition coefficient (Wildman–Crippen LogP) is 4.35. The van der Waals surface area contributed by atoms with Crippen molar-refractivity contribution < 1.29 is 13.2 Å². The quantitative estimate of drug-likeness (QED) is 0.632. The molecule has 3 aromatic rings. The average molecular weight is 424 g/mol. The summed E-state index contributed by atoms with van der Waals surface area (Å²) in [6.45, 7) is 1.76. The average Bonchev–Trinajstić information content (AvgIpc) is 3.01. The van der Waals surface area contributed by atoms with Crippen LogP contribution >= 0.6 is 23.8 Å². The molecule has 1 N–H and O–H groups in total. The maximum atomic E-state index is 12.7. The summed E-state index contributed by atoms with van der Waals surface area (Å²) in [6.07, 6.45) is -1.25. The van der Waals surface area contributed by atoms with E-state index in [9.17, 15) is 18.4 Å². The van der Waals surface area contributed by atoms with Gasteiger partial charge in [0.15, 0.2) is 0 Å². The molecule has 1 unspecified atom stereocenters. The van der Waals surface area contributed by atoms with Gasteiger partial charge in [-0.3, -0.25) is 9.67 Å². The first-order chi connectivity index (χ1) is 13.1. The van der Waals surface area contributed by atoms with Gasteiger partial charge in [-0.15, -0.1) is 0 Å². The second kappa shape index (κ2) is 7.37. The van der Waals surface area contributed by atoms with Crippen LogP contribution < -0.4 is 5.32 Å². The molecule has 0 fully saturated rings. The van der Waals surface area contributed by atoms with Crippen LogP contribution in [-0.2, 0) is 12.7 Å². The normalized spacial score (nSPS) is 13.7. The second-order valence-electron chi connectivity index (χ2n) is 6.36. The first-order valence-corrected chi connectivity index (χ1v) is 8.78. The number of alkyl halides is 3. The Bertz CT molecular complexity index is 1070. The second-order valence-corrected chi connectivity index (χ2v) is 7.20. The molecule has 0 amide bonds. The Morgan fingerprint density at radius 3 is 2.57 bits per heavy atom. The van der Waals surface area contributed by atoms with Crippen LogP contribution in [0.15, 0.2) is 42.7 Å². The van der Waals surface area contributed by atoms with Gasteiger partial charge in [0.2, 0.25) is 0 Å². The summed E-state index contributed by atoms with van der Waals surface area (Å²) in [5.74, 6) is 0. The minimum Gasteiger partial charge on any atom is -0.357 e. The maximum Gasteiger partial charge on any atom is 0.416 e. The minimum atomic E-state index is -4.42. The van der Waals surface area contributed by atoms with E-state index < -0.39 is 17.3 Å². The molecule has 2 aromatic heterocycles. The highest BCUT2D eigenvalue weighted by molar-refractivity contribution is 7.80. The van der Waals surface area contributed by atoms with Crippen LogP contribution in [0.25, 0.3) is 11.0 Å². The van der Waals surface area contributed by atoms with Gasteiger partial charge in [0, 0.05) is 11.8 Å². The zero-order valence-electron chi connectivity index (χ0n) is 14.5. The summed E-state index contributed by atoms with van der Waals surface area (Å²) in [6, 6.07) is 8.22. The van der Waals surface area contributed by atoms with E-state index in [4.69, 9.17) is 23.8 Å². The highest BCUT2D eigenvalue weighted by atomic mass is 35.5. The van der Waals surface area contributed by atoms with Crippen LogP contribution in [0.3, 0.4) is 0 Å². The highest BCUT2D eigenvalue weighted by Gasteiger charge is 2.31. The minimum absolute atomic E-state index is 0.137. The van der Waals surface area contributed by atoms with Crippen LogP contribution in [0.2, 0.25) is 5.02 Å². The Morgan fingerprint density at radius 1 is 1.29 bits per heavy atom. The molecule has 0 aliphatic heterocycles. The van der Waals surface area contributed by atoms with Crippen molar-refractivity contribution in [2.75, 3.05) is 0 Å². The van der Waals surface area contributed by atoms with Gasteiger partial charge in [0.05, 0.1) is 29.4 Å². The first kappa shape index (κ1) is 20.0. The molecule has 1 atom stereocenters. The molecule has 28 heavy (non-hydrogen) atoms. The molecule has 144 valence electrons. The molecular formula is C18H13ClF3N5S. The lowest BCUT2D eigenvalue weighted by molar-refractivity contribution is -0.137. The summed E-state index contributed by atoms with van der Waals surface area (Å²) in [7, 11) is 0. The smallest absolute Gasteiger partial charge is 0.357 e. The number of aromatic nitrogens is 3.